The fraction of sp³-hybridized carbons (Fsp3) is 0.192. The molecule has 2 heterocycles. The molecule has 0 fully saturated rings. The molecule has 0 N–H and O–H groups in total. The highest BCUT2D eigenvalue weighted by Crippen LogP contribution is 2.37. The van der Waals surface area contributed by atoms with Gasteiger partial charge in [-0.15, -0.1) is 0 Å². The summed E-state index contributed by atoms with van der Waals surface area (Å²) in [4.78, 5) is 16.8. The molecule has 33 heavy (non-hydrogen) atoms. The Morgan fingerprint density at radius 1 is 0.939 bits per heavy atom. The summed E-state index contributed by atoms with van der Waals surface area (Å²) in [6.07, 6.45) is 0. The van der Waals surface area contributed by atoms with Gasteiger partial charge in [-0.05, 0) is 73.9 Å². The standard InChI is InChI=1S/C26H23BrN4O2/c1-5-31-23-11-7-17(24-29-33-26(32)30(24)4)13-22(23)28-25(31)20-10-8-18(27)14-21(20)19-9-6-15(2)12-16(19)3/h6-14H,5H2,1-4H3. The van der Waals surface area contributed by atoms with Crippen LogP contribution in [0.2, 0.25) is 0 Å². The third-order valence-electron chi connectivity index (χ3n) is 6.02. The summed E-state index contributed by atoms with van der Waals surface area (Å²) in [6, 6.07) is 18.8. The van der Waals surface area contributed by atoms with Crippen LogP contribution in [0.1, 0.15) is 18.1 Å². The van der Waals surface area contributed by atoms with Crippen LogP contribution in [0.5, 0.6) is 0 Å². The average Bonchev–Trinajstić information content (AvgIpc) is 3.32. The zero-order valence-corrected chi connectivity index (χ0v) is 20.5. The number of rotatable bonds is 4. The Bertz CT molecular complexity index is 1580. The molecule has 0 unspecified atom stereocenters. The Hall–Kier alpha value is -3.45. The highest BCUT2D eigenvalue weighted by molar-refractivity contribution is 9.10. The van der Waals surface area contributed by atoms with Crippen molar-refractivity contribution in [3.05, 3.63) is 80.7 Å². The molecule has 0 aliphatic carbocycles. The molecule has 0 amide bonds. The second-order valence-electron chi connectivity index (χ2n) is 8.22. The third kappa shape index (κ3) is 3.62. The van der Waals surface area contributed by atoms with E-state index in [1.807, 2.05) is 18.2 Å². The maximum atomic E-state index is 11.7. The number of hydrogen-bond acceptors (Lipinski definition) is 4. The van der Waals surface area contributed by atoms with E-state index < -0.39 is 5.76 Å². The van der Waals surface area contributed by atoms with Gasteiger partial charge in [0.2, 0.25) is 0 Å². The molecule has 0 atom stereocenters. The van der Waals surface area contributed by atoms with E-state index in [9.17, 15) is 4.79 Å². The zero-order chi connectivity index (χ0) is 23.3. The lowest BCUT2D eigenvalue weighted by molar-refractivity contribution is 0.380. The number of imidazole rings is 1. The number of halogens is 1. The van der Waals surface area contributed by atoms with E-state index in [1.165, 1.54) is 21.3 Å². The molecule has 6 nitrogen and oxygen atoms in total. The SMILES string of the molecule is CCn1c(-c2ccc(Br)cc2-c2ccc(C)cc2C)nc2cc(-c3noc(=O)n3C)ccc21. The maximum Gasteiger partial charge on any atom is 0.441 e. The maximum absolute atomic E-state index is 11.7. The zero-order valence-electron chi connectivity index (χ0n) is 18.9. The predicted molar refractivity (Wildman–Crippen MR) is 134 cm³/mol. The summed E-state index contributed by atoms with van der Waals surface area (Å²) in [7, 11) is 1.65. The quantitative estimate of drug-likeness (QED) is 0.296. The molecule has 166 valence electrons. The minimum atomic E-state index is -0.488. The van der Waals surface area contributed by atoms with E-state index in [2.05, 4.69) is 82.8 Å². The summed E-state index contributed by atoms with van der Waals surface area (Å²) in [5, 5.41) is 3.92. The van der Waals surface area contributed by atoms with Crippen molar-refractivity contribution in [1.29, 1.82) is 0 Å². The number of aromatic nitrogens is 4. The van der Waals surface area contributed by atoms with Gasteiger partial charge >= 0.3 is 5.76 Å². The summed E-state index contributed by atoms with van der Waals surface area (Å²) in [5.74, 6) is 0.896. The third-order valence-corrected chi connectivity index (χ3v) is 6.51. The van der Waals surface area contributed by atoms with E-state index in [4.69, 9.17) is 9.51 Å². The normalized spacial score (nSPS) is 11.4. The molecule has 5 rings (SSSR count). The molecule has 0 aliphatic rings. The predicted octanol–water partition coefficient (Wildman–Crippen LogP) is 6.12. The smallest absolute Gasteiger partial charge is 0.324 e. The van der Waals surface area contributed by atoms with Crippen molar-refractivity contribution in [2.24, 2.45) is 7.05 Å². The van der Waals surface area contributed by atoms with Crippen molar-refractivity contribution >= 4 is 27.0 Å². The lowest BCUT2D eigenvalue weighted by Gasteiger charge is -2.14. The van der Waals surface area contributed by atoms with Crippen LogP contribution in [-0.2, 0) is 13.6 Å². The van der Waals surface area contributed by atoms with E-state index in [0.29, 0.717) is 5.82 Å². The van der Waals surface area contributed by atoms with Crippen molar-refractivity contribution in [3.8, 4) is 33.9 Å². The van der Waals surface area contributed by atoms with Gasteiger partial charge in [-0.3, -0.25) is 9.09 Å². The molecule has 0 saturated heterocycles. The minimum absolute atomic E-state index is 0.481. The van der Waals surface area contributed by atoms with Crippen molar-refractivity contribution in [3.63, 3.8) is 0 Å². The monoisotopic (exact) mass is 502 g/mol. The van der Waals surface area contributed by atoms with Gasteiger partial charge in [-0.25, -0.2) is 9.78 Å². The summed E-state index contributed by atoms with van der Waals surface area (Å²) >= 11 is 3.65. The molecule has 0 spiro atoms. The number of hydrogen-bond donors (Lipinski definition) is 0. The molecular formula is C26H23BrN4O2. The second-order valence-corrected chi connectivity index (χ2v) is 9.14. The summed E-state index contributed by atoms with van der Waals surface area (Å²) in [6.45, 7) is 7.15. The van der Waals surface area contributed by atoms with Gasteiger partial charge in [0.15, 0.2) is 5.82 Å². The highest BCUT2D eigenvalue weighted by atomic mass is 79.9. The lowest BCUT2D eigenvalue weighted by Crippen LogP contribution is -2.10. The molecule has 0 radical (unpaired) electrons. The lowest BCUT2D eigenvalue weighted by atomic mass is 9.94. The molecule has 5 aromatic rings. The van der Waals surface area contributed by atoms with Crippen LogP contribution in [0.4, 0.5) is 0 Å². The molecule has 3 aromatic carbocycles. The average molecular weight is 503 g/mol. The first-order valence-corrected chi connectivity index (χ1v) is 11.6. The number of nitrogens with zero attached hydrogens (tertiary/aromatic N) is 4. The van der Waals surface area contributed by atoms with E-state index in [1.54, 1.807) is 7.05 Å². The van der Waals surface area contributed by atoms with Gasteiger partial charge in [0.05, 0.1) is 11.0 Å². The molecule has 0 saturated carbocycles. The highest BCUT2D eigenvalue weighted by Gasteiger charge is 2.19. The van der Waals surface area contributed by atoms with Crippen molar-refractivity contribution in [1.82, 2.24) is 19.3 Å². The van der Waals surface area contributed by atoms with E-state index >= 15 is 0 Å². The molecule has 2 aromatic heterocycles. The van der Waals surface area contributed by atoms with Gasteiger partial charge < -0.3 is 4.57 Å². The fourth-order valence-corrected chi connectivity index (χ4v) is 4.74. The number of benzene rings is 3. The van der Waals surface area contributed by atoms with Crippen molar-refractivity contribution in [2.75, 3.05) is 0 Å². The Morgan fingerprint density at radius 3 is 2.42 bits per heavy atom. The van der Waals surface area contributed by atoms with Crippen LogP contribution in [0.25, 0.3) is 44.9 Å². The number of fused-ring (bicyclic) bond motifs is 1. The molecule has 0 aliphatic heterocycles. The molecule has 0 bridgehead atoms. The van der Waals surface area contributed by atoms with Gasteiger partial charge in [0.25, 0.3) is 0 Å². The van der Waals surface area contributed by atoms with Gasteiger partial charge in [-0.2, -0.15) is 0 Å². The van der Waals surface area contributed by atoms with E-state index in [0.717, 1.165) is 44.6 Å². The van der Waals surface area contributed by atoms with Gasteiger partial charge in [0, 0.05) is 29.2 Å². The van der Waals surface area contributed by atoms with Gasteiger partial charge in [0.1, 0.15) is 5.82 Å². The van der Waals surface area contributed by atoms with Crippen LogP contribution in [0, 0.1) is 13.8 Å². The van der Waals surface area contributed by atoms with Crippen LogP contribution in [0.3, 0.4) is 0 Å². The Balaban J connectivity index is 1.74. The molecular weight excluding hydrogens is 480 g/mol. The van der Waals surface area contributed by atoms with Crippen LogP contribution < -0.4 is 5.76 Å². The first kappa shape index (κ1) is 21.4. The largest absolute Gasteiger partial charge is 0.441 e. The topological polar surface area (TPSA) is 65.8 Å². The van der Waals surface area contributed by atoms with Crippen LogP contribution >= 0.6 is 15.9 Å². The molecule has 7 heteroatoms. The Morgan fingerprint density at radius 2 is 1.73 bits per heavy atom. The minimum Gasteiger partial charge on any atom is -0.324 e. The van der Waals surface area contributed by atoms with Crippen LogP contribution in [0.15, 0.2) is 68.4 Å². The Kier molecular flexibility index (Phi) is 5.29. The van der Waals surface area contributed by atoms with E-state index in [-0.39, 0.29) is 0 Å². The van der Waals surface area contributed by atoms with Crippen molar-refractivity contribution in [2.45, 2.75) is 27.3 Å². The second kappa shape index (κ2) is 8.15. The van der Waals surface area contributed by atoms with Crippen LogP contribution in [-0.4, -0.2) is 19.3 Å². The fourth-order valence-electron chi connectivity index (χ4n) is 4.38. The first-order valence-electron chi connectivity index (χ1n) is 10.8. The summed E-state index contributed by atoms with van der Waals surface area (Å²) < 4.78 is 9.44. The number of aryl methyl sites for hydroxylation is 3. The Labute approximate surface area is 199 Å². The van der Waals surface area contributed by atoms with Crippen molar-refractivity contribution < 1.29 is 4.52 Å². The first-order chi connectivity index (χ1) is 15.9. The summed E-state index contributed by atoms with van der Waals surface area (Å²) in [5.41, 5.74) is 8.50. The van der Waals surface area contributed by atoms with Gasteiger partial charge in [-0.1, -0.05) is 44.8 Å².